The van der Waals surface area contributed by atoms with Gasteiger partial charge in [-0.1, -0.05) is 26.7 Å². The van der Waals surface area contributed by atoms with Crippen LogP contribution in [0.1, 0.15) is 39.5 Å². The number of rotatable bonds is 10. The van der Waals surface area contributed by atoms with Gasteiger partial charge in [0.25, 0.3) is 0 Å². The highest BCUT2D eigenvalue weighted by molar-refractivity contribution is 5.78. The quantitative estimate of drug-likeness (QED) is 0.528. The molecule has 0 bridgehead atoms. The topological polar surface area (TPSA) is 73.9 Å². The largest absolute Gasteiger partial charge is 0.494 e. The van der Waals surface area contributed by atoms with Crippen molar-refractivity contribution in [1.82, 2.24) is 5.32 Å². The van der Waals surface area contributed by atoms with E-state index in [1.165, 1.54) is 0 Å². The van der Waals surface area contributed by atoms with Gasteiger partial charge in [-0.25, -0.2) is 4.79 Å². The smallest absolute Gasteiger partial charge is 0.413 e. The van der Waals surface area contributed by atoms with Gasteiger partial charge in [-0.15, -0.1) is 0 Å². The zero-order valence-electron chi connectivity index (χ0n) is 13.8. The Morgan fingerprint density at radius 3 is 2.22 bits per heavy atom. The van der Waals surface area contributed by atoms with E-state index < -0.39 is 12.1 Å². The minimum atomic E-state index is -0.697. The molecule has 0 radical (unpaired) electrons. The van der Waals surface area contributed by atoms with E-state index in [1.807, 2.05) is 6.92 Å². The van der Waals surface area contributed by atoms with E-state index in [2.05, 4.69) is 12.2 Å². The standard InChI is InChI=1S/C17H25NO5/c1-3-5-11-21-14-7-9-15(10-8-14)23-17(20)18-13-16(19)22-12-6-4-2/h7-10H,3-6,11-13H2,1-2H3,(H,18,20). The van der Waals surface area contributed by atoms with E-state index in [4.69, 9.17) is 14.2 Å². The van der Waals surface area contributed by atoms with Gasteiger partial charge in [-0.2, -0.15) is 0 Å². The van der Waals surface area contributed by atoms with Crippen molar-refractivity contribution in [3.05, 3.63) is 24.3 Å². The summed E-state index contributed by atoms with van der Waals surface area (Å²) in [5.41, 5.74) is 0. The molecular weight excluding hydrogens is 298 g/mol. The summed E-state index contributed by atoms with van der Waals surface area (Å²) in [5, 5.41) is 2.35. The van der Waals surface area contributed by atoms with Gasteiger partial charge >= 0.3 is 12.1 Å². The SMILES string of the molecule is CCCCOC(=O)CNC(=O)Oc1ccc(OCCCC)cc1. The Balaban J connectivity index is 2.27. The highest BCUT2D eigenvalue weighted by Crippen LogP contribution is 2.17. The van der Waals surface area contributed by atoms with Gasteiger partial charge in [0.1, 0.15) is 18.0 Å². The molecule has 0 unspecified atom stereocenters. The third-order valence-corrected chi connectivity index (χ3v) is 2.94. The number of amides is 1. The second kappa shape index (κ2) is 11.3. The van der Waals surface area contributed by atoms with Crippen molar-refractivity contribution in [1.29, 1.82) is 0 Å². The molecule has 1 rings (SSSR count). The van der Waals surface area contributed by atoms with Crippen LogP contribution in [-0.2, 0) is 9.53 Å². The van der Waals surface area contributed by atoms with Gasteiger partial charge in [0.05, 0.1) is 13.2 Å². The number of unbranched alkanes of at least 4 members (excludes halogenated alkanes) is 2. The molecule has 0 aliphatic carbocycles. The third-order valence-electron chi connectivity index (χ3n) is 2.94. The molecule has 128 valence electrons. The van der Waals surface area contributed by atoms with Crippen LogP contribution in [0.5, 0.6) is 11.5 Å². The number of esters is 1. The van der Waals surface area contributed by atoms with Crippen LogP contribution in [0.25, 0.3) is 0 Å². The fourth-order valence-electron chi connectivity index (χ4n) is 1.61. The molecular formula is C17H25NO5. The first-order valence-electron chi connectivity index (χ1n) is 7.99. The summed E-state index contributed by atoms with van der Waals surface area (Å²) in [6, 6.07) is 6.75. The van der Waals surface area contributed by atoms with Crippen molar-refractivity contribution in [3.8, 4) is 11.5 Å². The van der Waals surface area contributed by atoms with Crippen LogP contribution in [0.4, 0.5) is 4.79 Å². The molecule has 1 aromatic rings. The Labute approximate surface area is 137 Å². The van der Waals surface area contributed by atoms with Crippen molar-refractivity contribution in [3.63, 3.8) is 0 Å². The second-order valence-electron chi connectivity index (χ2n) is 4.99. The summed E-state index contributed by atoms with van der Waals surface area (Å²) in [7, 11) is 0. The zero-order chi connectivity index (χ0) is 16.9. The average Bonchev–Trinajstić information content (AvgIpc) is 2.55. The summed E-state index contributed by atoms with van der Waals surface area (Å²) >= 11 is 0. The molecule has 0 saturated heterocycles. The molecule has 0 aliphatic heterocycles. The molecule has 1 amide bonds. The van der Waals surface area contributed by atoms with Crippen LogP contribution in [0.3, 0.4) is 0 Å². The predicted molar refractivity (Wildman–Crippen MR) is 86.7 cm³/mol. The lowest BCUT2D eigenvalue weighted by Gasteiger charge is -2.08. The lowest BCUT2D eigenvalue weighted by molar-refractivity contribution is -0.142. The highest BCUT2D eigenvalue weighted by Gasteiger charge is 2.08. The Morgan fingerprint density at radius 1 is 0.957 bits per heavy atom. The van der Waals surface area contributed by atoms with E-state index in [-0.39, 0.29) is 6.54 Å². The maximum atomic E-state index is 11.6. The lowest BCUT2D eigenvalue weighted by atomic mass is 10.3. The van der Waals surface area contributed by atoms with E-state index in [1.54, 1.807) is 24.3 Å². The lowest BCUT2D eigenvalue weighted by Crippen LogP contribution is -2.32. The molecule has 0 aliphatic rings. The average molecular weight is 323 g/mol. The Morgan fingerprint density at radius 2 is 1.57 bits per heavy atom. The van der Waals surface area contributed by atoms with Crippen molar-refractivity contribution in [2.75, 3.05) is 19.8 Å². The van der Waals surface area contributed by atoms with Crippen molar-refractivity contribution >= 4 is 12.1 Å². The Kier molecular flexibility index (Phi) is 9.28. The second-order valence-corrected chi connectivity index (χ2v) is 4.99. The first-order valence-corrected chi connectivity index (χ1v) is 7.99. The van der Waals surface area contributed by atoms with E-state index in [0.717, 1.165) is 31.4 Å². The van der Waals surface area contributed by atoms with Gasteiger partial charge in [0, 0.05) is 0 Å². The number of ether oxygens (including phenoxy) is 3. The summed E-state index contributed by atoms with van der Waals surface area (Å²) in [4.78, 5) is 22.9. The van der Waals surface area contributed by atoms with E-state index in [9.17, 15) is 9.59 Å². The summed E-state index contributed by atoms with van der Waals surface area (Å²) in [6.45, 7) is 4.92. The minimum absolute atomic E-state index is 0.208. The Hall–Kier alpha value is -2.24. The van der Waals surface area contributed by atoms with Crippen LogP contribution in [0.2, 0.25) is 0 Å². The number of carbonyl (C=O) groups excluding carboxylic acids is 2. The van der Waals surface area contributed by atoms with Crippen LogP contribution in [0.15, 0.2) is 24.3 Å². The molecule has 1 N–H and O–H groups in total. The monoisotopic (exact) mass is 323 g/mol. The van der Waals surface area contributed by atoms with Gasteiger partial charge in [-0.3, -0.25) is 4.79 Å². The molecule has 6 nitrogen and oxygen atoms in total. The normalized spacial score (nSPS) is 10.0. The number of carbonyl (C=O) groups is 2. The first kappa shape index (κ1) is 18.8. The van der Waals surface area contributed by atoms with Crippen LogP contribution in [0, 0.1) is 0 Å². The van der Waals surface area contributed by atoms with Crippen LogP contribution >= 0.6 is 0 Å². The summed E-state index contributed by atoms with van der Waals surface area (Å²) in [6.07, 6.45) is 3.12. The van der Waals surface area contributed by atoms with Crippen LogP contribution in [-0.4, -0.2) is 31.8 Å². The number of hydrogen-bond donors (Lipinski definition) is 1. The fraction of sp³-hybridized carbons (Fsp3) is 0.529. The van der Waals surface area contributed by atoms with Crippen LogP contribution < -0.4 is 14.8 Å². The van der Waals surface area contributed by atoms with Crippen molar-refractivity contribution in [2.24, 2.45) is 0 Å². The predicted octanol–water partition coefficient (Wildman–Crippen LogP) is 3.30. The summed E-state index contributed by atoms with van der Waals surface area (Å²) in [5.74, 6) is 0.630. The molecule has 0 fully saturated rings. The van der Waals surface area contributed by atoms with Crippen molar-refractivity contribution in [2.45, 2.75) is 39.5 Å². The molecule has 0 spiro atoms. The maximum absolute atomic E-state index is 11.6. The molecule has 23 heavy (non-hydrogen) atoms. The number of hydrogen-bond acceptors (Lipinski definition) is 5. The molecule has 0 heterocycles. The molecule has 0 atom stereocenters. The van der Waals surface area contributed by atoms with Crippen molar-refractivity contribution < 1.29 is 23.8 Å². The zero-order valence-corrected chi connectivity index (χ0v) is 13.8. The third kappa shape index (κ3) is 8.70. The van der Waals surface area contributed by atoms with E-state index >= 15 is 0 Å². The minimum Gasteiger partial charge on any atom is -0.494 e. The van der Waals surface area contributed by atoms with E-state index in [0.29, 0.717) is 19.0 Å². The molecule has 0 saturated carbocycles. The molecule has 0 aromatic heterocycles. The maximum Gasteiger partial charge on any atom is 0.413 e. The molecule has 1 aromatic carbocycles. The summed E-state index contributed by atoms with van der Waals surface area (Å²) < 4.78 is 15.5. The van der Waals surface area contributed by atoms with Gasteiger partial charge in [0.2, 0.25) is 0 Å². The fourth-order valence-corrected chi connectivity index (χ4v) is 1.61. The Bertz CT molecular complexity index is 472. The number of nitrogens with one attached hydrogen (secondary N) is 1. The number of benzene rings is 1. The van der Waals surface area contributed by atoms with Gasteiger partial charge < -0.3 is 19.5 Å². The van der Waals surface area contributed by atoms with Gasteiger partial charge in [-0.05, 0) is 37.1 Å². The van der Waals surface area contributed by atoms with Gasteiger partial charge in [0.15, 0.2) is 0 Å². The highest BCUT2D eigenvalue weighted by atomic mass is 16.6. The molecule has 6 heteroatoms. The first-order chi connectivity index (χ1) is 11.2.